The van der Waals surface area contributed by atoms with Crippen LogP contribution in [-0.4, -0.2) is 68.1 Å². The Morgan fingerprint density at radius 2 is 1.94 bits per heavy atom. The molecule has 1 aliphatic heterocycles. The Bertz CT molecular complexity index is 346. The van der Waals surface area contributed by atoms with Crippen LogP contribution in [0.15, 0.2) is 0 Å². The van der Waals surface area contributed by atoms with E-state index in [2.05, 4.69) is 0 Å². The summed E-state index contributed by atoms with van der Waals surface area (Å²) in [7, 11) is 0. The van der Waals surface area contributed by atoms with E-state index in [1.165, 1.54) is 13.8 Å². The van der Waals surface area contributed by atoms with Gasteiger partial charge in [0.05, 0.1) is 6.61 Å². The average molecular weight is 265 g/mol. The SMILES string of the molecule is [2H]CC(C)(C)C(=O)C1(O)O[C@H](CO)[C@@H](O)[C@H](O)[C@H]1O. The van der Waals surface area contributed by atoms with Gasteiger partial charge in [-0.15, -0.1) is 0 Å². The molecule has 7 heteroatoms. The fourth-order valence-corrected chi connectivity index (χ4v) is 1.83. The van der Waals surface area contributed by atoms with Crippen molar-refractivity contribution < 1.29 is 36.4 Å². The van der Waals surface area contributed by atoms with Crippen molar-refractivity contribution in [2.45, 2.75) is 51.0 Å². The third-order valence-corrected chi connectivity index (χ3v) is 2.91. The van der Waals surface area contributed by atoms with E-state index < -0.39 is 48.0 Å². The van der Waals surface area contributed by atoms with Gasteiger partial charge in [-0.25, -0.2) is 0 Å². The molecule has 7 nitrogen and oxygen atoms in total. The van der Waals surface area contributed by atoms with Crippen LogP contribution in [0.25, 0.3) is 0 Å². The van der Waals surface area contributed by atoms with E-state index >= 15 is 0 Å². The molecule has 0 spiro atoms. The third-order valence-electron chi connectivity index (χ3n) is 2.91. The van der Waals surface area contributed by atoms with Gasteiger partial charge in [-0.3, -0.25) is 4.79 Å². The Kier molecular flexibility index (Phi) is 3.72. The molecule has 1 fully saturated rings. The lowest BCUT2D eigenvalue weighted by molar-refractivity contribution is -0.333. The monoisotopic (exact) mass is 265 g/mol. The Hall–Kier alpha value is -0.570. The molecule has 0 saturated carbocycles. The van der Waals surface area contributed by atoms with Crippen LogP contribution in [-0.2, 0) is 9.53 Å². The van der Waals surface area contributed by atoms with Crippen molar-refractivity contribution in [1.29, 1.82) is 0 Å². The highest BCUT2D eigenvalue weighted by Crippen LogP contribution is 2.34. The molecule has 1 saturated heterocycles. The second kappa shape index (κ2) is 4.84. The first-order chi connectivity index (χ1) is 8.61. The minimum absolute atomic E-state index is 0.368. The maximum Gasteiger partial charge on any atom is 0.257 e. The zero-order valence-electron chi connectivity index (χ0n) is 11.3. The van der Waals surface area contributed by atoms with Crippen molar-refractivity contribution in [3.63, 3.8) is 0 Å². The molecule has 5 N–H and O–H groups in total. The molecule has 1 heterocycles. The summed E-state index contributed by atoms with van der Waals surface area (Å²) in [5.74, 6) is -3.76. The largest absolute Gasteiger partial charge is 0.394 e. The van der Waals surface area contributed by atoms with Gasteiger partial charge in [-0.1, -0.05) is 20.7 Å². The van der Waals surface area contributed by atoms with Gasteiger partial charge < -0.3 is 30.3 Å². The maximum absolute atomic E-state index is 12.2. The van der Waals surface area contributed by atoms with E-state index in [1.54, 1.807) is 0 Å². The molecule has 106 valence electrons. The molecule has 0 bridgehead atoms. The van der Waals surface area contributed by atoms with Gasteiger partial charge in [0.2, 0.25) is 0 Å². The number of rotatable bonds is 2. The van der Waals surface area contributed by atoms with E-state index in [0.717, 1.165) is 0 Å². The first kappa shape index (κ1) is 13.9. The van der Waals surface area contributed by atoms with E-state index in [0.29, 0.717) is 0 Å². The number of ether oxygens (including phenoxy) is 1. The minimum atomic E-state index is -2.77. The lowest BCUT2D eigenvalue weighted by atomic mass is 9.80. The Morgan fingerprint density at radius 3 is 2.39 bits per heavy atom. The van der Waals surface area contributed by atoms with Crippen molar-refractivity contribution in [2.75, 3.05) is 6.61 Å². The maximum atomic E-state index is 12.2. The van der Waals surface area contributed by atoms with Crippen LogP contribution in [0.2, 0.25) is 0 Å². The molecule has 0 amide bonds. The summed E-state index contributed by atoms with van der Waals surface area (Å²) in [6, 6.07) is 0. The van der Waals surface area contributed by atoms with Gasteiger partial charge in [0.15, 0.2) is 5.78 Å². The van der Waals surface area contributed by atoms with Crippen molar-refractivity contribution >= 4 is 5.78 Å². The fraction of sp³-hybridized carbons (Fsp3) is 0.909. The number of hydrogen-bond donors (Lipinski definition) is 5. The van der Waals surface area contributed by atoms with Crippen LogP contribution in [0.3, 0.4) is 0 Å². The van der Waals surface area contributed by atoms with Crippen LogP contribution in [0.5, 0.6) is 0 Å². The Morgan fingerprint density at radius 1 is 1.39 bits per heavy atom. The Labute approximate surface area is 106 Å². The fourth-order valence-electron chi connectivity index (χ4n) is 1.83. The molecule has 18 heavy (non-hydrogen) atoms. The number of aliphatic hydroxyl groups is 5. The second-order valence-electron chi connectivity index (χ2n) is 5.17. The zero-order valence-corrected chi connectivity index (χ0v) is 10.3. The number of carbonyl (C=O) groups is 1. The third kappa shape index (κ3) is 2.42. The molecule has 1 unspecified atom stereocenters. The molecular formula is C11H20O7. The number of carbonyl (C=O) groups excluding carboxylic acids is 1. The van der Waals surface area contributed by atoms with Crippen molar-refractivity contribution in [1.82, 2.24) is 0 Å². The summed E-state index contributed by atoms with van der Waals surface area (Å²) in [6.45, 7) is 1.64. The van der Waals surface area contributed by atoms with Gasteiger partial charge in [0.25, 0.3) is 5.79 Å². The first-order valence-electron chi connectivity index (χ1n) is 6.22. The van der Waals surface area contributed by atoms with Crippen LogP contribution >= 0.6 is 0 Å². The molecular weight excluding hydrogens is 244 g/mol. The molecule has 0 radical (unpaired) electrons. The van der Waals surface area contributed by atoms with E-state index in [4.69, 9.17) is 11.2 Å². The van der Waals surface area contributed by atoms with Gasteiger partial charge in [0.1, 0.15) is 24.4 Å². The average Bonchev–Trinajstić information content (AvgIpc) is 2.39. The number of hydrogen-bond acceptors (Lipinski definition) is 7. The highest BCUT2D eigenvalue weighted by Gasteiger charge is 2.58. The summed E-state index contributed by atoms with van der Waals surface area (Å²) in [5.41, 5.74) is -1.32. The molecule has 1 aliphatic rings. The van der Waals surface area contributed by atoms with Crippen molar-refractivity contribution in [3.05, 3.63) is 0 Å². The lowest BCUT2D eigenvalue weighted by Gasteiger charge is -2.46. The summed E-state index contributed by atoms with van der Waals surface area (Å²) < 4.78 is 12.1. The van der Waals surface area contributed by atoms with Crippen LogP contribution < -0.4 is 0 Å². The highest BCUT2D eigenvalue weighted by atomic mass is 16.7. The van der Waals surface area contributed by atoms with Gasteiger partial charge >= 0.3 is 0 Å². The van der Waals surface area contributed by atoms with Gasteiger partial charge in [-0.2, -0.15) is 0 Å². The number of Topliss-reactive ketones (excluding diaryl/α,β-unsaturated/α-hetero) is 1. The number of aliphatic hydroxyl groups excluding tert-OH is 4. The van der Waals surface area contributed by atoms with E-state index in [1.807, 2.05) is 0 Å². The first-order valence-corrected chi connectivity index (χ1v) is 5.51. The quantitative estimate of drug-likeness (QED) is 0.382. The predicted molar refractivity (Wildman–Crippen MR) is 59.4 cm³/mol. The molecule has 5 atom stereocenters. The standard InChI is InChI=1S/C11H20O7/c1-10(2,3)9(16)11(17)8(15)7(14)6(13)5(4-12)18-11/h5-8,12-15,17H,4H2,1-3H3/t5-,6-,7+,8-,11?/m1/s1/i1D. The summed E-state index contributed by atoms with van der Waals surface area (Å²) >= 11 is 0. The Balaban J connectivity index is 3.11. The highest BCUT2D eigenvalue weighted by molar-refractivity contribution is 5.91. The minimum Gasteiger partial charge on any atom is -0.394 e. The smallest absolute Gasteiger partial charge is 0.257 e. The van der Waals surface area contributed by atoms with Crippen LogP contribution in [0, 0.1) is 5.41 Å². The second-order valence-corrected chi connectivity index (χ2v) is 5.17. The summed E-state index contributed by atoms with van der Waals surface area (Å²) in [6.07, 6.45) is -6.95. The molecule has 0 aromatic heterocycles. The summed E-state index contributed by atoms with van der Waals surface area (Å²) in [4.78, 5) is 12.2. The van der Waals surface area contributed by atoms with Gasteiger partial charge in [-0.05, 0) is 0 Å². The lowest BCUT2D eigenvalue weighted by Crippen LogP contribution is -2.69. The van der Waals surface area contributed by atoms with Crippen molar-refractivity contribution in [2.24, 2.45) is 5.41 Å². The molecule has 0 aromatic carbocycles. The topological polar surface area (TPSA) is 127 Å². The normalized spacial score (nSPS) is 42.5. The summed E-state index contributed by atoms with van der Waals surface area (Å²) in [5, 5.41) is 48.1. The van der Waals surface area contributed by atoms with E-state index in [9.17, 15) is 25.2 Å². The zero-order chi connectivity index (χ0) is 15.0. The van der Waals surface area contributed by atoms with Crippen LogP contribution in [0.1, 0.15) is 22.1 Å². The van der Waals surface area contributed by atoms with Gasteiger partial charge in [0, 0.05) is 6.79 Å². The number of ketones is 1. The molecule has 0 aromatic rings. The molecule has 1 rings (SSSR count). The van der Waals surface area contributed by atoms with Crippen molar-refractivity contribution in [3.8, 4) is 0 Å². The predicted octanol–water partition coefficient (Wildman–Crippen LogP) is -2.24. The van der Waals surface area contributed by atoms with E-state index in [-0.39, 0.29) is 6.90 Å². The van der Waals surface area contributed by atoms with Crippen LogP contribution in [0.4, 0.5) is 0 Å². The molecule has 0 aliphatic carbocycles.